The maximum Gasteiger partial charge on any atom is 0.306 e. The highest BCUT2D eigenvalue weighted by molar-refractivity contribution is 5.71. The van der Waals surface area contributed by atoms with Crippen LogP contribution < -0.4 is 0 Å². The summed E-state index contributed by atoms with van der Waals surface area (Å²) in [4.78, 5) is 37.9. The van der Waals surface area contributed by atoms with Crippen molar-refractivity contribution in [3.05, 3.63) is 122 Å². The second kappa shape index (κ2) is 49.5. The fourth-order valence-electron chi connectivity index (χ4n) is 6.15. The number of unbranched alkanes of at least 4 members (excludes halogenated alkanes) is 18. The van der Waals surface area contributed by atoms with Crippen molar-refractivity contribution in [1.29, 1.82) is 0 Å². The lowest BCUT2D eigenvalue weighted by Gasteiger charge is -2.18. The largest absolute Gasteiger partial charge is 0.462 e. The van der Waals surface area contributed by atoms with E-state index >= 15 is 0 Å². The highest BCUT2D eigenvalue weighted by Crippen LogP contribution is 2.13. The summed E-state index contributed by atoms with van der Waals surface area (Å²) in [5.41, 5.74) is 0. The van der Waals surface area contributed by atoms with Crippen LogP contribution in [-0.2, 0) is 28.6 Å². The molecule has 0 aromatic rings. The van der Waals surface area contributed by atoms with Gasteiger partial charge in [0.25, 0.3) is 0 Å². The molecule has 0 aliphatic rings. The molecule has 0 fully saturated rings. The average molecular weight is 857 g/mol. The Morgan fingerprint density at radius 3 is 1.08 bits per heavy atom. The predicted molar refractivity (Wildman–Crippen MR) is 265 cm³/mol. The van der Waals surface area contributed by atoms with Crippen molar-refractivity contribution in [1.82, 2.24) is 0 Å². The number of allylic oxidation sites excluding steroid dienone is 20. The topological polar surface area (TPSA) is 78.9 Å². The van der Waals surface area contributed by atoms with Crippen molar-refractivity contribution in [3.63, 3.8) is 0 Å². The second-order valence-corrected chi connectivity index (χ2v) is 15.8. The fraction of sp³-hybridized carbons (Fsp3) is 0.589. The Morgan fingerprint density at radius 1 is 0.339 bits per heavy atom. The molecule has 0 rings (SSSR count). The van der Waals surface area contributed by atoms with Gasteiger partial charge >= 0.3 is 17.9 Å². The van der Waals surface area contributed by atoms with Crippen LogP contribution in [0, 0.1) is 0 Å². The molecule has 0 aliphatic heterocycles. The van der Waals surface area contributed by atoms with Gasteiger partial charge in [0.2, 0.25) is 0 Å². The fourth-order valence-corrected chi connectivity index (χ4v) is 6.15. The summed E-state index contributed by atoms with van der Waals surface area (Å²) < 4.78 is 16.7. The van der Waals surface area contributed by atoms with Gasteiger partial charge in [-0.1, -0.05) is 219 Å². The number of carbonyl (C=O) groups excluding carboxylic acids is 3. The van der Waals surface area contributed by atoms with E-state index < -0.39 is 6.10 Å². The van der Waals surface area contributed by atoms with E-state index in [4.69, 9.17) is 14.2 Å². The van der Waals surface area contributed by atoms with Gasteiger partial charge in [-0.05, 0) is 77.0 Å². The lowest BCUT2D eigenvalue weighted by atomic mass is 10.1. The Morgan fingerprint density at radius 2 is 0.661 bits per heavy atom. The van der Waals surface area contributed by atoms with Crippen LogP contribution in [0.2, 0.25) is 0 Å². The van der Waals surface area contributed by atoms with Crippen molar-refractivity contribution >= 4 is 17.9 Å². The zero-order valence-electron chi connectivity index (χ0n) is 39.6. The van der Waals surface area contributed by atoms with Crippen molar-refractivity contribution in [3.8, 4) is 0 Å². The van der Waals surface area contributed by atoms with Gasteiger partial charge in [0.1, 0.15) is 13.2 Å². The number of ether oxygens (including phenoxy) is 3. The third-order valence-electron chi connectivity index (χ3n) is 9.87. The first-order valence-corrected chi connectivity index (χ1v) is 24.7. The van der Waals surface area contributed by atoms with Gasteiger partial charge in [-0.3, -0.25) is 14.4 Å². The molecule has 1 atom stereocenters. The molecule has 0 heterocycles. The first-order valence-electron chi connectivity index (χ1n) is 24.7. The van der Waals surface area contributed by atoms with Crippen LogP contribution in [0.4, 0.5) is 0 Å². The van der Waals surface area contributed by atoms with Crippen LogP contribution >= 0.6 is 0 Å². The Kier molecular flexibility index (Phi) is 46.1. The molecule has 6 heteroatoms. The molecule has 62 heavy (non-hydrogen) atoms. The SMILES string of the molecule is CC\C=C/C=C\C=C/CCCCCCCCCC(=O)OC(COC(=O)CCCCC/C=C\C=C/CCCC)COC(=O)CCCCCCC\C=C/C=C\C=C/C=C\C=C/CCC. The lowest BCUT2D eigenvalue weighted by molar-refractivity contribution is -0.167. The number of rotatable bonds is 42. The Hall–Kier alpha value is -4.19. The van der Waals surface area contributed by atoms with Gasteiger partial charge in [0.15, 0.2) is 6.10 Å². The molecule has 0 aromatic heterocycles. The Labute approximate surface area is 380 Å². The van der Waals surface area contributed by atoms with Gasteiger partial charge in [0, 0.05) is 19.3 Å². The minimum atomic E-state index is -0.809. The molecule has 0 N–H and O–H groups in total. The predicted octanol–water partition coefficient (Wildman–Crippen LogP) is 16.1. The molecule has 0 aliphatic carbocycles. The minimum absolute atomic E-state index is 0.109. The minimum Gasteiger partial charge on any atom is -0.462 e. The quantitative estimate of drug-likeness (QED) is 0.0263. The lowest BCUT2D eigenvalue weighted by Crippen LogP contribution is -2.30. The van der Waals surface area contributed by atoms with E-state index in [-0.39, 0.29) is 31.1 Å². The van der Waals surface area contributed by atoms with Crippen molar-refractivity contribution in [2.75, 3.05) is 13.2 Å². The van der Waals surface area contributed by atoms with Gasteiger partial charge < -0.3 is 14.2 Å². The average Bonchev–Trinajstić information content (AvgIpc) is 3.27. The Bertz CT molecular complexity index is 1350. The van der Waals surface area contributed by atoms with Crippen molar-refractivity contribution in [2.45, 2.75) is 200 Å². The number of hydrogen-bond donors (Lipinski definition) is 0. The molecule has 0 spiro atoms. The molecule has 0 saturated carbocycles. The summed E-state index contributed by atoms with van der Waals surface area (Å²) in [6, 6.07) is 0. The van der Waals surface area contributed by atoms with Crippen LogP contribution in [0.3, 0.4) is 0 Å². The number of hydrogen-bond acceptors (Lipinski definition) is 6. The number of esters is 3. The summed E-state index contributed by atoms with van der Waals surface area (Å²) in [5, 5.41) is 0. The molecule has 0 saturated heterocycles. The molecule has 0 aromatic carbocycles. The smallest absolute Gasteiger partial charge is 0.306 e. The van der Waals surface area contributed by atoms with Crippen LogP contribution in [0.1, 0.15) is 194 Å². The molecule has 1 unspecified atom stereocenters. The Balaban J connectivity index is 4.50. The normalized spacial score (nSPS) is 13.1. The van der Waals surface area contributed by atoms with Gasteiger partial charge in [-0.15, -0.1) is 0 Å². The highest BCUT2D eigenvalue weighted by atomic mass is 16.6. The van der Waals surface area contributed by atoms with E-state index in [0.29, 0.717) is 19.3 Å². The van der Waals surface area contributed by atoms with Gasteiger partial charge in [-0.2, -0.15) is 0 Å². The first kappa shape index (κ1) is 57.8. The second-order valence-electron chi connectivity index (χ2n) is 15.8. The van der Waals surface area contributed by atoms with E-state index in [0.717, 1.165) is 116 Å². The first-order chi connectivity index (χ1) is 30.5. The summed E-state index contributed by atoms with van der Waals surface area (Å²) >= 11 is 0. The van der Waals surface area contributed by atoms with Crippen molar-refractivity contribution in [2.24, 2.45) is 0 Å². The van der Waals surface area contributed by atoms with Gasteiger partial charge in [-0.25, -0.2) is 0 Å². The molecule has 6 nitrogen and oxygen atoms in total. The molecular weight excluding hydrogens is 769 g/mol. The van der Waals surface area contributed by atoms with E-state index in [9.17, 15) is 14.4 Å². The summed E-state index contributed by atoms with van der Waals surface area (Å²) in [7, 11) is 0. The van der Waals surface area contributed by atoms with Crippen LogP contribution in [0.15, 0.2) is 122 Å². The molecule has 0 amide bonds. The van der Waals surface area contributed by atoms with E-state index in [1.165, 1.54) is 38.5 Å². The molecule has 0 bridgehead atoms. The highest BCUT2D eigenvalue weighted by Gasteiger charge is 2.19. The summed E-state index contributed by atoms with van der Waals surface area (Å²) in [6.45, 7) is 6.28. The van der Waals surface area contributed by atoms with Crippen LogP contribution in [-0.4, -0.2) is 37.2 Å². The molecule has 348 valence electrons. The maximum atomic E-state index is 12.8. The van der Waals surface area contributed by atoms with E-state index in [2.05, 4.69) is 106 Å². The van der Waals surface area contributed by atoms with Crippen LogP contribution in [0.25, 0.3) is 0 Å². The van der Waals surface area contributed by atoms with Gasteiger partial charge in [0.05, 0.1) is 0 Å². The third-order valence-corrected chi connectivity index (χ3v) is 9.87. The van der Waals surface area contributed by atoms with E-state index in [1.54, 1.807) is 0 Å². The summed E-state index contributed by atoms with van der Waals surface area (Å²) in [6.07, 6.45) is 67.4. The van der Waals surface area contributed by atoms with Crippen molar-refractivity contribution < 1.29 is 28.6 Å². The maximum absolute atomic E-state index is 12.8. The zero-order chi connectivity index (χ0) is 45.1. The third kappa shape index (κ3) is 46.9. The van der Waals surface area contributed by atoms with Crippen LogP contribution in [0.5, 0.6) is 0 Å². The molecular formula is C56H88O6. The number of carbonyl (C=O) groups is 3. The zero-order valence-corrected chi connectivity index (χ0v) is 39.6. The van der Waals surface area contributed by atoms with E-state index in [1.807, 2.05) is 36.5 Å². The monoisotopic (exact) mass is 857 g/mol. The molecule has 0 radical (unpaired) electrons. The standard InChI is InChI=1S/C56H88O6/c1-4-7-10-13-16-19-22-24-26-27-28-30-31-34-37-40-43-46-49-55(58)61-52-53(51-60-54(57)48-45-42-39-36-33-21-18-15-12-9-6-3)62-56(59)50-47-44-41-38-35-32-29-25-23-20-17-14-11-8-5-2/h8,10-11,13-24,26-28,30,33,53H,4-7,9,12,25,29,31-32,34-52H2,1-3H3/b11-8-,13-10-,17-14-,18-15-,19-16-,23-20-,24-22-,27-26-,30-28-,33-21-. The summed E-state index contributed by atoms with van der Waals surface area (Å²) in [5.74, 6) is -0.983.